The number of hydrogen-bond acceptors (Lipinski definition) is 6. The van der Waals surface area contributed by atoms with Crippen molar-refractivity contribution < 1.29 is 27.5 Å². The number of nitrogens with one attached hydrogen (secondary N) is 1. The molecule has 1 amide bonds. The summed E-state index contributed by atoms with van der Waals surface area (Å²) in [6, 6.07) is 21.2. The molecule has 0 saturated carbocycles. The highest BCUT2D eigenvalue weighted by atomic mass is 32.2. The first kappa shape index (κ1) is 22.9. The molecule has 3 aromatic rings. The van der Waals surface area contributed by atoms with Crippen molar-refractivity contribution in [3.05, 3.63) is 101 Å². The van der Waals surface area contributed by atoms with Crippen LogP contribution in [-0.2, 0) is 25.1 Å². The van der Waals surface area contributed by atoms with Crippen molar-refractivity contribution in [2.45, 2.75) is 5.75 Å². The average molecular weight is 452 g/mol. The van der Waals surface area contributed by atoms with E-state index in [-0.39, 0.29) is 17.1 Å². The van der Waals surface area contributed by atoms with Gasteiger partial charge in [-0.2, -0.15) is 0 Å². The monoisotopic (exact) mass is 451 g/mol. The van der Waals surface area contributed by atoms with E-state index < -0.39 is 28.3 Å². The van der Waals surface area contributed by atoms with Crippen molar-refractivity contribution in [3.63, 3.8) is 0 Å². The zero-order chi connectivity index (χ0) is 23.1. The van der Waals surface area contributed by atoms with Crippen LogP contribution < -0.4 is 5.32 Å². The summed E-state index contributed by atoms with van der Waals surface area (Å²) in [5, 5.41) is 2.59. The number of ketones is 1. The first-order valence-electron chi connectivity index (χ1n) is 9.65. The van der Waals surface area contributed by atoms with Gasteiger partial charge in [0.1, 0.15) is 0 Å². The van der Waals surface area contributed by atoms with E-state index in [2.05, 4.69) is 5.32 Å². The number of sulfone groups is 1. The van der Waals surface area contributed by atoms with Crippen molar-refractivity contribution in [1.29, 1.82) is 0 Å². The van der Waals surface area contributed by atoms with Crippen LogP contribution in [0.5, 0.6) is 0 Å². The van der Waals surface area contributed by atoms with Crippen LogP contribution in [0.15, 0.2) is 78.9 Å². The molecular weight excluding hydrogens is 430 g/mol. The van der Waals surface area contributed by atoms with E-state index in [9.17, 15) is 22.8 Å². The molecular formula is C24H21NO6S. The van der Waals surface area contributed by atoms with Crippen molar-refractivity contribution in [2.24, 2.45) is 0 Å². The molecule has 0 aliphatic heterocycles. The minimum absolute atomic E-state index is 0.138. The van der Waals surface area contributed by atoms with Crippen LogP contribution in [0.2, 0.25) is 0 Å². The average Bonchev–Trinajstić information content (AvgIpc) is 2.77. The van der Waals surface area contributed by atoms with E-state index in [4.69, 9.17) is 4.74 Å². The highest BCUT2D eigenvalue weighted by Crippen LogP contribution is 2.19. The molecule has 3 aromatic carbocycles. The number of esters is 1. The molecule has 0 heterocycles. The minimum atomic E-state index is -3.26. The van der Waals surface area contributed by atoms with E-state index in [1.807, 2.05) is 0 Å². The Hall–Kier alpha value is -3.78. The quantitative estimate of drug-likeness (QED) is 0.416. The minimum Gasteiger partial charge on any atom is -0.452 e. The van der Waals surface area contributed by atoms with Gasteiger partial charge in [0.25, 0.3) is 5.91 Å². The summed E-state index contributed by atoms with van der Waals surface area (Å²) < 4.78 is 27.9. The zero-order valence-corrected chi connectivity index (χ0v) is 18.1. The van der Waals surface area contributed by atoms with E-state index in [1.54, 1.807) is 66.7 Å². The van der Waals surface area contributed by atoms with Gasteiger partial charge in [-0.1, -0.05) is 54.6 Å². The fraction of sp³-hybridized carbons (Fsp3) is 0.125. The second kappa shape index (κ2) is 10.0. The Morgan fingerprint density at radius 1 is 0.844 bits per heavy atom. The van der Waals surface area contributed by atoms with Crippen LogP contribution in [-0.4, -0.2) is 38.9 Å². The Kier molecular flexibility index (Phi) is 7.17. The molecule has 0 aliphatic rings. The Bertz CT molecular complexity index is 1250. The molecule has 0 spiro atoms. The molecule has 0 bridgehead atoms. The van der Waals surface area contributed by atoms with Gasteiger partial charge in [0.05, 0.1) is 17.0 Å². The summed E-state index contributed by atoms with van der Waals surface area (Å²) in [5.74, 6) is -1.83. The Balaban J connectivity index is 1.64. The van der Waals surface area contributed by atoms with Crippen molar-refractivity contribution in [2.75, 3.05) is 18.2 Å². The molecule has 0 atom stereocenters. The lowest BCUT2D eigenvalue weighted by Gasteiger charge is -2.11. The number of anilines is 1. The number of amides is 1. The predicted molar refractivity (Wildman–Crippen MR) is 120 cm³/mol. The van der Waals surface area contributed by atoms with E-state index in [0.717, 1.165) is 6.26 Å². The summed E-state index contributed by atoms with van der Waals surface area (Å²) in [7, 11) is -3.26. The van der Waals surface area contributed by atoms with E-state index in [0.29, 0.717) is 22.4 Å². The van der Waals surface area contributed by atoms with Gasteiger partial charge >= 0.3 is 5.97 Å². The van der Waals surface area contributed by atoms with Gasteiger partial charge in [0.2, 0.25) is 0 Å². The highest BCUT2D eigenvalue weighted by molar-refractivity contribution is 7.89. The maximum atomic E-state index is 12.8. The summed E-state index contributed by atoms with van der Waals surface area (Å²) in [4.78, 5) is 37.4. The van der Waals surface area contributed by atoms with Crippen molar-refractivity contribution >= 4 is 33.2 Å². The maximum Gasteiger partial charge on any atom is 0.338 e. The molecule has 0 aliphatic carbocycles. The second-order valence-corrected chi connectivity index (χ2v) is 9.28. The van der Waals surface area contributed by atoms with Crippen LogP contribution in [0, 0.1) is 0 Å². The number of para-hydroxylation sites is 1. The molecule has 0 radical (unpaired) electrons. The fourth-order valence-electron chi connectivity index (χ4n) is 3.03. The van der Waals surface area contributed by atoms with Crippen molar-refractivity contribution in [3.8, 4) is 0 Å². The van der Waals surface area contributed by atoms with Crippen molar-refractivity contribution in [1.82, 2.24) is 0 Å². The smallest absolute Gasteiger partial charge is 0.338 e. The molecule has 3 rings (SSSR count). The standard InChI is InChI=1S/C24H21NO6S/c1-32(29,30)16-17-8-7-11-19(14-17)24(28)31-15-22(26)25-21-13-6-5-12-20(21)23(27)18-9-3-2-4-10-18/h2-14H,15-16H2,1H3,(H,25,26). The number of benzene rings is 3. The lowest BCUT2D eigenvalue weighted by Crippen LogP contribution is -2.22. The maximum absolute atomic E-state index is 12.8. The first-order valence-corrected chi connectivity index (χ1v) is 11.7. The van der Waals surface area contributed by atoms with Crippen LogP contribution in [0.25, 0.3) is 0 Å². The number of rotatable bonds is 8. The largest absolute Gasteiger partial charge is 0.452 e. The Labute approximate surface area is 186 Å². The van der Waals surface area contributed by atoms with Crippen LogP contribution in [0.3, 0.4) is 0 Å². The summed E-state index contributed by atoms with van der Waals surface area (Å²) >= 11 is 0. The number of hydrogen-bond donors (Lipinski definition) is 1. The molecule has 0 aromatic heterocycles. The third-order valence-corrected chi connectivity index (χ3v) is 5.27. The summed E-state index contributed by atoms with van der Waals surface area (Å²) in [6.07, 6.45) is 1.10. The first-order chi connectivity index (χ1) is 15.2. The molecule has 1 N–H and O–H groups in total. The molecule has 0 unspecified atom stereocenters. The molecule has 0 saturated heterocycles. The third-order valence-electron chi connectivity index (χ3n) is 4.41. The highest BCUT2D eigenvalue weighted by Gasteiger charge is 2.16. The van der Waals surface area contributed by atoms with Gasteiger partial charge in [-0.15, -0.1) is 0 Å². The van der Waals surface area contributed by atoms with Crippen LogP contribution in [0.4, 0.5) is 5.69 Å². The van der Waals surface area contributed by atoms with Gasteiger partial charge < -0.3 is 10.1 Å². The van der Waals surface area contributed by atoms with Gasteiger partial charge in [-0.05, 0) is 29.8 Å². The lowest BCUT2D eigenvalue weighted by molar-refractivity contribution is -0.119. The van der Waals surface area contributed by atoms with Crippen LogP contribution >= 0.6 is 0 Å². The van der Waals surface area contributed by atoms with E-state index >= 15 is 0 Å². The summed E-state index contributed by atoms with van der Waals surface area (Å²) in [5.41, 5.74) is 1.68. The van der Waals surface area contributed by atoms with Gasteiger partial charge in [0.15, 0.2) is 22.2 Å². The Morgan fingerprint density at radius 3 is 2.22 bits per heavy atom. The Morgan fingerprint density at radius 2 is 1.50 bits per heavy atom. The third kappa shape index (κ3) is 6.36. The summed E-state index contributed by atoms with van der Waals surface area (Å²) in [6.45, 7) is -0.566. The van der Waals surface area contributed by atoms with Gasteiger partial charge in [-0.25, -0.2) is 13.2 Å². The molecule has 8 heteroatoms. The zero-order valence-electron chi connectivity index (χ0n) is 17.3. The molecule has 7 nitrogen and oxygen atoms in total. The second-order valence-electron chi connectivity index (χ2n) is 7.14. The number of carbonyl (C=O) groups is 3. The topological polar surface area (TPSA) is 107 Å². The normalized spacial score (nSPS) is 10.9. The SMILES string of the molecule is CS(=O)(=O)Cc1cccc(C(=O)OCC(=O)Nc2ccccc2C(=O)c2ccccc2)c1. The van der Waals surface area contributed by atoms with Gasteiger partial charge in [-0.3, -0.25) is 9.59 Å². The van der Waals surface area contributed by atoms with Crippen LogP contribution in [0.1, 0.15) is 31.8 Å². The fourth-order valence-corrected chi connectivity index (χ4v) is 3.81. The molecule has 32 heavy (non-hydrogen) atoms. The molecule has 0 fully saturated rings. The van der Waals surface area contributed by atoms with Gasteiger partial charge in [0, 0.05) is 17.4 Å². The number of ether oxygens (including phenoxy) is 1. The molecule has 164 valence electrons. The predicted octanol–water partition coefficient (Wildman–Crippen LogP) is 3.26. The lowest BCUT2D eigenvalue weighted by atomic mass is 10.0. The number of carbonyl (C=O) groups excluding carboxylic acids is 3. The van der Waals surface area contributed by atoms with E-state index in [1.165, 1.54) is 12.1 Å².